The Morgan fingerprint density at radius 1 is 1.22 bits per heavy atom. The molecule has 0 heterocycles. The number of nitrogens with one attached hydrogen (secondary N) is 1. The Morgan fingerprint density at radius 2 is 1.83 bits per heavy atom. The molecule has 0 saturated heterocycles. The molecular formula is C15H29N3. The van der Waals surface area contributed by atoms with E-state index in [-0.39, 0.29) is 6.04 Å². The van der Waals surface area contributed by atoms with Crippen LogP contribution in [-0.2, 0) is 0 Å². The zero-order valence-electron chi connectivity index (χ0n) is 12.3. The van der Waals surface area contributed by atoms with Gasteiger partial charge in [0.2, 0.25) is 0 Å². The van der Waals surface area contributed by atoms with Gasteiger partial charge in [0.1, 0.15) is 0 Å². The molecule has 1 aliphatic rings. The summed E-state index contributed by atoms with van der Waals surface area (Å²) in [5.41, 5.74) is 0. The molecule has 0 bridgehead atoms. The minimum Gasteiger partial charge on any atom is -0.305 e. The number of nitrogens with zero attached hydrogens (tertiary/aromatic N) is 2. The Bertz CT molecular complexity index is 251. The van der Waals surface area contributed by atoms with Crippen molar-refractivity contribution in [3.63, 3.8) is 0 Å². The monoisotopic (exact) mass is 251 g/mol. The van der Waals surface area contributed by atoms with Crippen molar-refractivity contribution in [1.82, 2.24) is 10.2 Å². The molecule has 1 saturated carbocycles. The minimum atomic E-state index is 0.00736. The molecule has 1 atom stereocenters. The third-order valence-corrected chi connectivity index (χ3v) is 4.04. The minimum absolute atomic E-state index is 0.00736. The normalized spacial score (nSPS) is 18.4. The standard InChI is InChI=1S/C15H29N3/c1-13(2)8-10-18(15-6-4-5-7-15)11-9-14(12-16)17-3/h13-15,17H,4-11H2,1-3H3. The zero-order valence-corrected chi connectivity index (χ0v) is 12.3. The Kier molecular flexibility index (Phi) is 7.31. The maximum atomic E-state index is 8.99. The van der Waals surface area contributed by atoms with Crippen LogP contribution in [-0.4, -0.2) is 37.1 Å². The SMILES string of the molecule is CNC(C#N)CCN(CCC(C)C)C1CCCC1. The van der Waals surface area contributed by atoms with Crippen LogP contribution in [0.1, 0.15) is 52.4 Å². The number of rotatable bonds is 8. The van der Waals surface area contributed by atoms with Crippen LogP contribution in [0, 0.1) is 17.2 Å². The predicted octanol–water partition coefficient (Wildman–Crippen LogP) is 2.78. The van der Waals surface area contributed by atoms with Gasteiger partial charge in [-0.25, -0.2) is 0 Å². The number of hydrogen-bond donors (Lipinski definition) is 1. The zero-order chi connectivity index (χ0) is 13.4. The first kappa shape index (κ1) is 15.5. The largest absolute Gasteiger partial charge is 0.305 e. The molecule has 18 heavy (non-hydrogen) atoms. The van der Waals surface area contributed by atoms with E-state index in [1.165, 1.54) is 38.6 Å². The third kappa shape index (κ3) is 5.37. The summed E-state index contributed by atoms with van der Waals surface area (Å²) in [6, 6.07) is 3.11. The summed E-state index contributed by atoms with van der Waals surface area (Å²) in [6.45, 7) is 6.84. The maximum Gasteiger partial charge on any atom is 0.0962 e. The summed E-state index contributed by atoms with van der Waals surface area (Å²) >= 11 is 0. The van der Waals surface area contributed by atoms with Gasteiger partial charge >= 0.3 is 0 Å². The van der Waals surface area contributed by atoms with E-state index in [9.17, 15) is 0 Å². The molecule has 0 amide bonds. The second kappa shape index (κ2) is 8.50. The molecule has 0 aliphatic heterocycles. The second-order valence-corrected chi connectivity index (χ2v) is 5.92. The van der Waals surface area contributed by atoms with Gasteiger partial charge in [0, 0.05) is 12.6 Å². The lowest BCUT2D eigenvalue weighted by atomic mass is 10.1. The third-order valence-electron chi connectivity index (χ3n) is 4.04. The molecule has 1 rings (SSSR count). The van der Waals surface area contributed by atoms with E-state index in [2.05, 4.69) is 30.1 Å². The average molecular weight is 251 g/mol. The highest BCUT2D eigenvalue weighted by atomic mass is 15.2. The Labute approximate surface area is 113 Å². The Morgan fingerprint density at radius 3 is 2.33 bits per heavy atom. The van der Waals surface area contributed by atoms with Crippen LogP contribution < -0.4 is 5.32 Å². The number of hydrogen-bond acceptors (Lipinski definition) is 3. The van der Waals surface area contributed by atoms with Gasteiger partial charge in [0.15, 0.2) is 0 Å². The van der Waals surface area contributed by atoms with Gasteiger partial charge in [0.25, 0.3) is 0 Å². The van der Waals surface area contributed by atoms with Gasteiger partial charge in [-0.05, 0) is 45.2 Å². The van der Waals surface area contributed by atoms with E-state index >= 15 is 0 Å². The summed E-state index contributed by atoms with van der Waals surface area (Å²) in [5.74, 6) is 0.768. The molecule has 0 radical (unpaired) electrons. The van der Waals surface area contributed by atoms with Crippen molar-refractivity contribution in [2.75, 3.05) is 20.1 Å². The van der Waals surface area contributed by atoms with E-state index in [1.54, 1.807) is 0 Å². The number of nitriles is 1. The molecule has 0 aromatic carbocycles. The second-order valence-electron chi connectivity index (χ2n) is 5.92. The van der Waals surface area contributed by atoms with Crippen LogP contribution in [0.25, 0.3) is 0 Å². The van der Waals surface area contributed by atoms with Gasteiger partial charge in [-0.3, -0.25) is 0 Å². The van der Waals surface area contributed by atoms with Crippen molar-refractivity contribution < 1.29 is 0 Å². The van der Waals surface area contributed by atoms with Crippen LogP contribution >= 0.6 is 0 Å². The fraction of sp³-hybridized carbons (Fsp3) is 0.933. The van der Waals surface area contributed by atoms with Crippen LogP contribution in [0.4, 0.5) is 0 Å². The van der Waals surface area contributed by atoms with Crippen molar-refractivity contribution in [2.45, 2.75) is 64.5 Å². The van der Waals surface area contributed by atoms with Gasteiger partial charge < -0.3 is 10.2 Å². The molecule has 1 fully saturated rings. The van der Waals surface area contributed by atoms with Crippen molar-refractivity contribution >= 4 is 0 Å². The van der Waals surface area contributed by atoms with E-state index in [1.807, 2.05) is 7.05 Å². The van der Waals surface area contributed by atoms with Crippen LogP contribution in [0.5, 0.6) is 0 Å². The first-order chi connectivity index (χ1) is 8.67. The Hall–Kier alpha value is -0.590. The highest BCUT2D eigenvalue weighted by Crippen LogP contribution is 2.24. The van der Waals surface area contributed by atoms with Crippen LogP contribution in [0.2, 0.25) is 0 Å². The van der Waals surface area contributed by atoms with Gasteiger partial charge in [-0.2, -0.15) is 5.26 Å². The molecule has 104 valence electrons. The lowest BCUT2D eigenvalue weighted by molar-refractivity contribution is 0.182. The topological polar surface area (TPSA) is 39.1 Å². The predicted molar refractivity (Wildman–Crippen MR) is 76.4 cm³/mol. The van der Waals surface area contributed by atoms with Crippen molar-refractivity contribution in [3.8, 4) is 6.07 Å². The Balaban J connectivity index is 2.41. The van der Waals surface area contributed by atoms with Crippen molar-refractivity contribution in [1.29, 1.82) is 5.26 Å². The molecule has 0 spiro atoms. The van der Waals surface area contributed by atoms with Gasteiger partial charge in [-0.1, -0.05) is 26.7 Å². The van der Waals surface area contributed by atoms with Crippen molar-refractivity contribution in [3.05, 3.63) is 0 Å². The summed E-state index contributed by atoms with van der Waals surface area (Å²) < 4.78 is 0. The first-order valence-electron chi connectivity index (χ1n) is 7.48. The molecular weight excluding hydrogens is 222 g/mol. The van der Waals surface area contributed by atoms with Crippen LogP contribution in [0.3, 0.4) is 0 Å². The lowest BCUT2D eigenvalue weighted by Gasteiger charge is -2.30. The van der Waals surface area contributed by atoms with Gasteiger partial charge in [-0.15, -0.1) is 0 Å². The summed E-state index contributed by atoms with van der Waals surface area (Å²) in [6.07, 6.45) is 7.70. The van der Waals surface area contributed by atoms with Gasteiger partial charge in [0.05, 0.1) is 12.1 Å². The summed E-state index contributed by atoms with van der Waals surface area (Å²) in [7, 11) is 1.88. The molecule has 0 aromatic rings. The first-order valence-corrected chi connectivity index (χ1v) is 7.48. The molecule has 1 aliphatic carbocycles. The molecule has 1 unspecified atom stereocenters. The quantitative estimate of drug-likeness (QED) is 0.721. The maximum absolute atomic E-state index is 8.99. The summed E-state index contributed by atoms with van der Waals surface area (Å²) in [4.78, 5) is 2.63. The van der Waals surface area contributed by atoms with E-state index in [4.69, 9.17) is 5.26 Å². The summed E-state index contributed by atoms with van der Waals surface area (Å²) in [5, 5.41) is 12.1. The highest BCUT2D eigenvalue weighted by Gasteiger charge is 2.22. The lowest BCUT2D eigenvalue weighted by Crippen LogP contribution is -2.38. The molecule has 0 aromatic heterocycles. The highest BCUT2D eigenvalue weighted by molar-refractivity contribution is 4.90. The molecule has 3 nitrogen and oxygen atoms in total. The molecule has 1 N–H and O–H groups in total. The van der Waals surface area contributed by atoms with E-state index < -0.39 is 0 Å². The average Bonchev–Trinajstić information content (AvgIpc) is 2.87. The smallest absolute Gasteiger partial charge is 0.0962 e. The van der Waals surface area contributed by atoms with Crippen LogP contribution in [0.15, 0.2) is 0 Å². The van der Waals surface area contributed by atoms with E-state index in [0.29, 0.717) is 0 Å². The van der Waals surface area contributed by atoms with E-state index in [0.717, 1.165) is 24.9 Å². The molecule has 3 heteroatoms. The fourth-order valence-electron chi connectivity index (χ4n) is 2.74. The fourth-order valence-corrected chi connectivity index (χ4v) is 2.74. The van der Waals surface area contributed by atoms with Crippen molar-refractivity contribution in [2.24, 2.45) is 5.92 Å².